The van der Waals surface area contributed by atoms with E-state index in [0.717, 1.165) is 5.56 Å². The summed E-state index contributed by atoms with van der Waals surface area (Å²) < 4.78 is 34.0. The molecule has 0 unspecified atom stereocenters. The van der Waals surface area contributed by atoms with Crippen molar-refractivity contribution in [3.63, 3.8) is 0 Å². The number of oxazole rings is 1. The molecule has 0 fully saturated rings. The normalized spacial score (nSPS) is 11.4. The summed E-state index contributed by atoms with van der Waals surface area (Å²) in [6.07, 6.45) is 0.378. The zero-order valence-corrected chi connectivity index (χ0v) is 17.9. The van der Waals surface area contributed by atoms with Gasteiger partial charge in [-0.2, -0.15) is 0 Å². The first-order valence-electron chi connectivity index (χ1n) is 9.00. The third-order valence-corrected chi connectivity index (χ3v) is 6.33. The quantitative estimate of drug-likeness (QED) is 0.382. The molecule has 0 radical (unpaired) electrons. The molecule has 5 nitrogen and oxygen atoms in total. The van der Waals surface area contributed by atoms with Crippen LogP contribution >= 0.6 is 23.2 Å². The number of benzene rings is 3. The van der Waals surface area contributed by atoms with Gasteiger partial charge in [0, 0.05) is 12.0 Å². The van der Waals surface area contributed by atoms with Crippen LogP contribution in [0.15, 0.2) is 88.2 Å². The van der Waals surface area contributed by atoms with Crippen molar-refractivity contribution in [2.75, 3.05) is 4.72 Å². The highest BCUT2D eigenvalue weighted by molar-refractivity contribution is 7.92. The molecular weight excluding hydrogens is 443 g/mol. The minimum atomic E-state index is -3.90. The average molecular weight is 459 g/mol. The molecule has 0 spiro atoms. The molecule has 152 valence electrons. The topological polar surface area (TPSA) is 72.2 Å². The number of rotatable bonds is 6. The molecule has 4 aromatic rings. The summed E-state index contributed by atoms with van der Waals surface area (Å²) >= 11 is 12.7. The molecule has 0 aliphatic carbocycles. The van der Waals surface area contributed by atoms with Crippen LogP contribution in [0.5, 0.6) is 0 Å². The Balaban J connectivity index is 1.80. The van der Waals surface area contributed by atoms with Gasteiger partial charge in [-0.3, -0.25) is 0 Å². The second-order valence-corrected chi connectivity index (χ2v) is 8.96. The molecule has 0 aliphatic heterocycles. The summed E-state index contributed by atoms with van der Waals surface area (Å²) in [5.74, 6) is 0.290. The SMILES string of the molecule is O=S(=O)(Nc1oc(Cc2ccccc2)nc1-c1c(Cl)cccc1Cl)c1ccccc1. The second kappa shape index (κ2) is 8.52. The number of halogens is 2. The van der Waals surface area contributed by atoms with Gasteiger partial charge in [0.1, 0.15) is 5.69 Å². The largest absolute Gasteiger partial charge is 0.423 e. The molecule has 0 atom stereocenters. The van der Waals surface area contributed by atoms with E-state index in [4.69, 9.17) is 27.6 Å². The second-order valence-electron chi connectivity index (χ2n) is 6.46. The van der Waals surface area contributed by atoms with E-state index in [2.05, 4.69) is 9.71 Å². The van der Waals surface area contributed by atoms with E-state index < -0.39 is 10.0 Å². The van der Waals surface area contributed by atoms with Gasteiger partial charge in [0.25, 0.3) is 10.0 Å². The molecule has 0 aliphatic rings. The van der Waals surface area contributed by atoms with Gasteiger partial charge in [-0.25, -0.2) is 18.1 Å². The smallest absolute Gasteiger partial charge is 0.264 e. The summed E-state index contributed by atoms with van der Waals surface area (Å²) in [5.41, 5.74) is 1.60. The molecule has 1 heterocycles. The van der Waals surface area contributed by atoms with Gasteiger partial charge >= 0.3 is 0 Å². The van der Waals surface area contributed by atoms with E-state index in [9.17, 15) is 8.42 Å². The maximum absolute atomic E-state index is 12.9. The highest BCUT2D eigenvalue weighted by Crippen LogP contribution is 2.39. The number of sulfonamides is 1. The summed E-state index contributed by atoms with van der Waals surface area (Å²) in [7, 11) is -3.90. The molecule has 30 heavy (non-hydrogen) atoms. The maximum Gasteiger partial charge on any atom is 0.264 e. The predicted octanol–water partition coefficient (Wildman–Crippen LogP) is 6.04. The number of nitrogens with zero attached hydrogens (tertiary/aromatic N) is 1. The van der Waals surface area contributed by atoms with E-state index in [0.29, 0.717) is 27.9 Å². The third kappa shape index (κ3) is 4.36. The van der Waals surface area contributed by atoms with Crippen molar-refractivity contribution in [1.82, 2.24) is 4.98 Å². The first-order chi connectivity index (χ1) is 14.4. The molecule has 0 saturated heterocycles. The molecule has 1 N–H and O–H groups in total. The fourth-order valence-corrected chi connectivity index (χ4v) is 4.55. The van der Waals surface area contributed by atoms with E-state index in [-0.39, 0.29) is 16.5 Å². The highest BCUT2D eigenvalue weighted by Gasteiger charge is 2.24. The Labute approximate surface area is 184 Å². The van der Waals surface area contributed by atoms with E-state index in [1.807, 2.05) is 30.3 Å². The Hall–Kier alpha value is -2.80. The zero-order valence-electron chi connectivity index (χ0n) is 15.5. The number of hydrogen-bond donors (Lipinski definition) is 1. The van der Waals surface area contributed by atoms with Gasteiger partial charge in [0.15, 0.2) is 0 Å². The first kappa shape index (κ1) is 20.5. The highest BCUT2D eigenvalue weighted by atomic mass is 35.5. The summed E-state index contributed by atoms with van der Waals surface area (Å²) in [5, 5.41) is 0.671. The minimum absolute atomic E-state index is 0.0419. The monoisotopic (exact) mass is 458 g/mol. The van der Waals surface area contributed by atoms with Crippen LogP contribution in [0.25, 0.3) is 11.3 Å². The van der Waals surface area contributed by atoms with Gasteiger partial charge in [0.2, 0.25) is 11.8 Å². The molecule has 4 rings (SSSR count). The van der Waals surface area contributed by atoms with Crippen LogP contribution in [0.3, 0.4) is 0 Å². The van der Waals surface area contributed by atoms with Gasteiger partial charge in [-0.1, -0.05) is 77.8 Å². The Kier molecular flexibility index (Phi) is 5.81. The lowest BCUT2D eigenvalue weighted by molar-refractivity contribution is 0.521. The lowest BCUT2D eigenvalue weighted by atomic mass is 10.1. The van der Waals surface area contributed by atoms with Crippen molar-refractivity contribution in [2.45, 2.75) is 11.3 Å². The summed E-state index contributed by atoms with van der Waals surface area (Å²) in [6, 6.07) is 22.6. The lowest BCUT2D eigenvalue weighted by Gasteiger charge is -2.08. The van der Waals surface area contributed by atoms with Crippen LogP contribution in [0.4, 0.5) is 5.88 Å². The van der Waals surface area contributed by atoms with E-state index in [1.165, 1.54) is 12.1 Å². The van der Waals surface area contributed by atoms with E-state index in [1.54, 1.807) is 36.4 Å². The Morgan fingerprint density at radius 2 is 1.43 bits per heavy atom. The number of anilines is 1. The average Bonchev–Trinajstić information content (AvgIpc) is 3.10. The molecule has 3 aromatic carbocycles. The number of aromatic nitrogens is 1. The van der Waals surface area contributed by atoms with Crippen LogP contribution < -0.4 is 4.72 Å². The van der Waals surface area contributed by atoms with Crippen LogP contribution in [0.1, 0.15) is 11.5 Å². The lowest BCUT2D eigenvalue weighted by Crippen LogP contribution is -2.13. The van der Waals surface area contributed by atoms with Crippen molar-refractivity contribution in [2.24, 2.45) is 0 Å². The van der Waals surface area contributed by atoms with Crippen LogP contribution in [-0.4, -0.2) is 13.4 Å². The first-order valence-corrected chi connectivity index (χ1v) is 11.2. The Morgan fingerprint density at radius 1 is 0.833 bits per heavy atom. The molecule has 0 saturated carbocycles. The summed E-state index contributed by atoms with van der Waals surface area (Å²) in [4.78, 5) is 4.61. The summed E-state index contributed by atoms with van der Waals surface area (Å²) in [6.45, 7) is 0. The van der Waals surface area contributed by atoms with Gasteiger partial charge in [0.05, 0.1) is 14.9 Å². The van der Waals surface area contributed by atoms with Crippen LogP contribution in [0.2, 0.25) is 10.0 Å². The number of hydrogen-bond acceptors (Lipinski definition) is 4. The predicted molar refractivity (Wildman–Crippen MR) is 118 cm³/mol. The fraction of sp³-hybridized carbons (Fsp3) is 0.0455. The van der Waals surface area contributed by atoms with Crippen molar-refractivity contribution in [1.29, 1.82) is 0 Å². The Bertz CT molecular complexity index is 1250. The van der Waals surface area contributed by atoms with Crippen molar-refractivity contribution >= 4 is 39.1 Å². The standard InChI is InChI=1S/C22H16Cl2N2O3S/c23-17-12-7-13-18(24)20(17)21-22(26-30(27,28)16-10-5-2-6-11-16)29-19(25-21)14-15-8-3-1-4-9-15/h1-13,26H,14H2. The Morgan fingerprint density at radius 3 is 2.07 bits per heavy atom. The molecule has 0 amide bonds. The van der Waals surface area contributed by atoms with Gasteiger partial charge in [-0.05, 0) is 29.8 Å². The maximum atomic E-state index is 12.9. The van der Waals surface area contributed by atoms with Crippen molar-refractivity contribution < 1.29 is 12.8 Å². The van der Waals surface area contributed by atoms with Gasteiger partial charge in [-0.15, -0.1) is 0 Å². The molecule has 1 aromatic heterocycles. The van der Waals surface area contributed by atoms with E-state index >= 15 is 0 Å². The van der Waals surface area contributed by atoms with Gasteiger partial charge < -0.3 is 4.42 Å². The van der Waals surface area contributed by atoms with Crippen molar-refractivity contribution in [3.8, 4) is 11.3 Å². The molecule has 0 bridgehead atoms. The minimum Gasteiger partial charge on any atom is -0.423 e. The number of nitrogens with one attached hydrogen (secondary N) is 1. The van der Waals surface area contributed by atoms with Crippen molar-refractivity contribution in [3.05, 3.63) is 100 Å². The fourth-order valence-electron chi connectivity index (χ4n) is 2.95. The molecular formula is C22H16Cl2N2O3S. The van der Waals surface area contributed by atoms with Crippen LogP contribution in [0, 0.1) is 0 Å². The molecule has 8 heteroatoms. The van der Waals surface area contributed by atoms with Crippen LogP contribution in [-0.2, 0) is 16.4 Å². The third-order valence-electron chi connectivity index (χ3n) is 4.35. The zero-order chi connectivity index (χ0) is 21.1.